The third-order valence-electron chi connectivity index (χ3n) is 6.50. The van der Waals surface area contributed by atoms with Crippen LogP contribution in [0.25, 0.3) is 0 Å². The SMILES string of the molecule is CCCCCCCCCCCC(CCCCCCCC)OC(=O)c1ccc(C(=O)O)cc1C(=O)O. The predicted molar refractivity (Wildman–Crippen MR) is 139 cm³/mol. The Hall–Kier alpha value is -2.37. The number of carbonyl (C=O) groups excluding carboxylic acids is 1. The zero-order valence-corrected chi connectivity index (χ0v) is 21.9. The van der Waals surface area contributed by atoms with Gasteiger partial charge in [-0.05, 0) is 43.9 Å². The lowest BCUT2D eigenvalue weighted by Gasteiger charge is -2.19. The third-order valence-corrected chi connectivity index (χ3v) is 6.50. The molecule has 1 aromatic carbocycles. The minimum absolute atomic E-state index is 0.0949. The first-order valence-corrected chi connectivity index (χ1v) is 13.7. The van der Waals surface area contributed by atoms with Crippen LogP contribution in [0, 0.1) is 0 Å². The molecule has 35 heavy (non-hydrogen) atoms. The van der Waals surface area contributed by atoms with Crippen molar-refractivity contribution < 1.29 is 29.3 Å². The van der Waals surface area contributed by atoms with Crippen LogP contribution in [0.5, 0.6) is 0 Å². The maximum absolute atomic E-state index is 12.9. The first-order valence-electron chi connectivity index (χ1n) is 13.7. The molecule has 1 aromatic rings. The van der Waals surface area contributed by atoms with E-state index in [1.54, 1.807) is 0 Å². The number of aromatic carboxylic acids is 2. The van der Waals surface area contributed by atoms with Crippen LogP contribution < -0.4 is 0 Å². The largest absolute Gasteiger partial charge is 0.478 e. The molecule has 0 bridgehead atoms. The summed E-state index contributed by atoms with van der Waals surface area (Å²) in [6.45, 7) is 4.41. The van der Waals surface area contributed by atoms with Crippen molar-refractivity contribution in [1.82, 2.24) is 0 Å². The van der Waals surface area contributed by atoms with Crippen molar-refractivity contribution in [3.63, 3.8) is 0 Å². The maximum atomic E-state index is 12.9. The average Bonchev–Trinajstić information content (AvgIpc) is 2.84. The summed E-state index contributed by atoms with van der Waals surface area (Å²) in [4.78, 5) is 35.7. The fraction of sp³-hybridized carbons (Fsp3) is 0.690. The Morgan fingerprint density at radius 2 is 1.11 bits per heavy atom. The molecule has 198 valence electrons. The van der Waals surface area contributed by atoms with Crippen LogP contribution >= 0.6 is 0 Å². The molecule has 0 amide bonds. The highest BCUT2D eigenvalue weighted by molar-refractivity contribution is 6.04. The molecule has 0 fully saturated rings. The number of rotatable bonds is 21. The van der Waals surface area contributed by atoms with E-state index < -0.39 is 17.9 Å². The fourth-order valence-electron chi connectivity index (χ4n) is 4.34. The van der Waals surface area contributed by atoms with Gasteiger partial charge in [0.2, 0.25) is 0 Å². The topological polar surface area (TPSA) is 101 Å². The number of benzene rings is 1. The Labute approximate surface area is 211 Å². The number of ether oxygens (including phenoxy) is 1. The van der Waals surface area contributed by atoms with E-state index in [4.69, 9.17) is 9.84 Å². The molecule has 0 aliphatic heterocycles. The Bertz CT molecular complexity index is 758. The molecule has 1 unspecified atom stereocenters. The summed E-state index contributed by atoms with van der Waals surface area (Å²) in [5.41, 5.74) is -0.601. The molecular formula is C29H46O6. The normalized spacial score (nSPS) is 11.8. The molecule has 6 heteroatoms. The summed E-state index contributed by atoms with van der Waals surface area (Å²) in [6.07, 6.45) is 19.2. The molecule has 1 atom stereocenters. The van der Waals surface area contributed by atoms with Gasteiger partial charge in [-0.3, -0.25) is 0 Å². The second-order valence-corrected chi connectivity index (χ2v) is 9.57. The lowest BCUT2D eigenvalue weighted by molar-refractivity contribution is 0.0243. The van der Waals surface area contributed by atoms with Gasteiger partial charge < -0.3 is 14.9 Å². The van der Waals surface area contributed by atoms with Gasteiger partial charge >= 0.3 is 17.9 Å². The molecular weight excluding hydrogens is 444 g/mol. The molecule has 0 saturated carbocycles. The smallest absolute Gasteiger partial charge is 0.339 e. The number of hydrogen-bond acceptors (Lipinski definition) is 4. The van der Waals surface area contributed by atoms with E-state index in [1.165, 1.54) is 82.8 Å². The second-order valence-electron chi connectivity index (χ2n) is 9.57. The number of carboxylic acid groups (broad SMARTS) is 2. The third kappa shape index (κ3) is 13.3. The van der Waals surface area contributed by atoms with E-state index in [0.29, 0.717) is 0 Å². The zero-order chi connectivity index (χ0) is 25.9. The van der Waals surface area contributed by atoms with Gasteiger partial charge in [0.15, 0.2) is 0 Å². The summed E-state index contributed by atoms with van der Waals surface area (Å²) in [5, 5.41) is 18.6. The summed E-state index contributed by atoms with van der Waals surface area (Å²) < 4.78 is 5.78. The highest BCUT2D eigenvalue weighted by atomic mass is 16.5. The van der Waals surface area contributed by atoms with Crippen LogP contribution in [0.1, 0.15) is 154 Å². The standard InChI is InChI=1S/C29H46O6/c1-3-5-7-9-11-12-13-15-17-19-24(18-16-14-10-8-6-4-2)35-29(34)25-21-20-23(27(30)31)22-26(25)28(32)33/h20-22,24H,3-19H2,1-2H3,(H,30,31)(H,32,33). The van der Waals surface area contributed by atoms with Gasteiger partial charge in [-0.25, -0.2) is 14.4 Å². The predicted octanol–water partition coefficient (Wildman–Crippen LogP) is 8.28. The summed E-state index contributed by atoms with van der Waals surface area (Å²) in [6, 6.07) is 3.51. The van der Waals surface area contributed by atoms with Crippen LogP contribution in [0.15, 0.2) is 18.2 Å². The zero-order valence-electron chi connectivity index (χ0n) is 21.9. The molecule has 1 rings (SSSR count). The van der Waals surface area contributed by atoms with Crippen molar-refractivity contribution in [1.29, 1.82) is 0 Å². The Morgan fingerprint density at radius 1 is 0.657 bits per heavy atom. The molecule has 0 heterocycles. The first kappa shape index (κ1) is 30.7. The van der Waals surface area contributed by atoms with Crippen molar-refractivity contribution >= 4 is 17.9 Å². The summed E-state index contributed by atoms with van der Waals surface area (Å²) in [5.74, 6) is -3.27. The van der Waals surface area contributed by atoms with E-state index in [2.05, 4.69) is 13.8 Å². The highest BCUT2D eigenvalue weighted by Gasteiger charge is 2.23. The number of hydrogen-bond donors (Lipinski definition) is 2. The number of unbranched alkanes of at least 4 members (excludes halogenated alkanes) is 13. The van der Waals surface area contributed by atoms with Crippen LogP contribution in [0.3, 0.4) is 0 Å². The minimum atomic E-state index is -1.34. The Balaban J connectivity index is 2.65. The minimum Gasteiger partial charge on any atom is -0.478 e. The van der Waals surface area contributed by atoms with Crippen LogP contribution in [-0.2, 0) is 4.74 Å². The number of esters is 1. The monoisotopic (exact) mass is 490 g/mol. The van der Waals surface area contributed by atoms with Crippen molar-refractivity contribution in [2.24, 2.45) is 0 Å². The van der Waals surface area contributed by atoms with E-state index in [0.717, 1.165) is 44.6 Å². The molecule has 6 nitrogen and oxygen atoms in total. The summed E-state index contributed by atoms with van der Waals surface area (Å²) in [7, 11) is 0. The van der Waals surface area contributed by atoms with Crippen LogP contribution in [-0.4, -0.2) is 34.2 Å². The van der Waals surface area contributed by atoms with Gasteiger partial charge in [0.1, 0.15) is 6.10 Å². The summed E-state index contributed by atoms with van der Waals surface area (Å²) >= 11 is 0. The molecule has 0 saturated heterocycles. The van der Waals surface area contributed by atoms with Crippen molar-refractivity contribution in [2.75, 3.05) is 0 Å². The number of carboxylic acids is 2. The number of carbonyl (C=O) groups is 3. The Kier molecular flexibility index (Phi) is 16.6. The van der Waals surface area contributed by atoms with Crippen LogP contribution in [0.4, 0.5) is 0 Å². The maximum Gasteiger partial charge on any atom is 0.339 e. The lowest BCUT2D eigenvalue weighted by Crippen LogP contribution is -2.21. The molecule has 0 radical (unpaired) electrons. The van der Waals surface area contributed by atoms with Gasteiger partial charge in [0.25, 0.3) is 0 Å². The van der Waals surface area contributed by atoms with E-state index in [-0.39, 0.29) is 22.8 Å². The van der Waals surface area contributed by atoms with Crippen molar-refractivity contribution in [2.45, 2.75) is 129 Å². The van der Waals surface area contributed by atoms with Crippen molar-refractivity contribution in [3.8, 4) is 0 Å². The van der Waals surface area contributed by atoms with E-state index in [9.17, 15) is 19.5 Å². The van der Waals surface area contributed by atoms with E-state index >= 15 is 0 Å². The van der Waals surface area contributed by atoms with Crippen LogP contribution in [0.2, 0.25) is 0 Å². The first-order chi connectivity index (χ1) is 16.9. The van der Waals surface area contributed by atoms with Gasteiger partial charge in [0, 0.05) is 0 Å². The fourth-order valence-corrected chi connectivity index (χ4v) is 4.34. The highest BCUT2D eigenvalue weighted by Crippen LogP contribution is 2.21. The van der Waals surface area contributed by atoms with Gasteiger partial charge in [-0.2, -0.15) is 0 Å². The van der Waals surface area contributed by atoms with Gasteiger partial charge in [-0.15, -0.1) is 0 Å². The lowest BCUT2D eigenvalue weighted by atomic mass is 10.0. The Morgan fingerprint density at radius 3 is 1.54 bits per heavy atom. The van der Waals surface area contributed by atoms with Gasteiger partial charge in [0.05, 0.1) is 16.7 Å². The van der Waals surface area contributed by atoms with E-state index in [1.807, 2.05) is 0 Å². The molecule has 0 aliphatic carbocycles. The van der Waals surface area contributed by atoms with Crippen molar-refractivity contribution in [3.05, 3.63) is 34.9 Å². The molecule has 0 aliphatic rings. The molecule has 2 N–H and O–H groups in total. The quantitative estimate of drug-likeness (QED) is 0.133. The second kappa shape index (κ2) is 18.9. The van der Waals surface area contributed by atoms with Gasteiger partial charge in [-0.1, -0.05) is 97.3 Å². The molecule has 0 spiro atoms. The molecule has 0 aromatic heterocycles. The average molecular weight is 491 g/mol.